The summed E-state index contributed by atoms with van der Waals surface area (Å²) in [5, 5.41) is 3.43. The van der Waals surface area contributed by atoms with Gasteiger partial charge in [-0.05, 0) is 37.0 Å². The molecule has 0 spiro atoms. The van der Waals surface area contributed by atoms with E-state index in [9.17, 15) is 4.39 Å². The molecule has 0 bridgehead atoms. The number of halogens is 1. The minimum atomic E-state index is -0.309. The van der Waals surface area contributed by atoms with Gasteiger partial charge in [0.1, 0.15) is 11.6 Å². The third kappa shape index (κ3) is 3.33. The summed E-state index contributed by atoms with van der Waals surface area (Å²) < 4.78 is 18.8. The van der Waals surface area contributed by atoms with Crippen LogP contribution in [0.2, 0.25) is 0 Å². The van der Waals surface area contributed by atoms with Gasteiger partial charge in [0.05, 0.1) is 0 Å². The van der Waals surface area contributed by atoms with Crippen LogP contribution in [0, 0.1) is 12.7 Å². The molecule has 1 N–H and O–H groups in total. The van der Waals surface area contributed by atoms with E-state index in [0.29, 0.717) is 17.7 Å². The molecule has 3 rings (SSSR count). The van der Waals surface area contributed by atoms with Crippen LogP contribution >= 0.6 is 0 Å². The number of pyridine rings is 1. The summed E-state index contributed by atoms with van der Waals surface area (Å²) >= 11 is 0. The van der Waals surface area contributed by atoms with Crippen molar-refractivity contribution < 1.29 is 9.13 Å². The highest BCUT2D eigenvalue weighted by Gasteiger charge is 2.19. The normalized spacial score (nSPS) is 14.3. The zero-order chi connectivity index (χ0) is 13.9. The van der Waals surface area contributed by atoms with E-state index in [2.05, 4.69) is 10.3 Å². The van der Waals surface area contributed by atoms with E-state index in [1.165, 1.54) is 25.0 Å². The van der Waals surface area contributed by atoms with Crippen LogP contribution in [0.25, 0.3) is 0 Å². The fourth-order valence-corrected chi connectivity index (χ4v) is 1.92. The molecule has 0 aliphatic heterocycles. The zero-order valence-corrected chi connectivity index (χ0v) is 11.4. The lowest BCUT2D eigenvalue weighted by Crippen LogP contribution is -2.15. The predicted octanol–water partition coefficient (Wildman–Crippen LogP) is 3.57. The maximum atomic E-state index is 13.2. The molecule has 2 aromatic rings. The van der Waals surface area contributed by atoms with E-state index >= 15 is 0 Å². The molecule has 1 aromatic carbocycles. The molecule has 0 amide bonds. The van der Waals surface area contributed by atoms with Crippen LogP contribution < -0.4 is 10.1 Å². The second-order valence-corrected chi connectivity index (χ2v) is 5.17. The quantitative estimate of drug-likeness (QED) is 0.903. The van der Waals surface area contributed by atoms with Gasteiger partial charge in [-0.25, -0.2) is 9.37 Å². The van der Waals surface area contributed by atoms with E-state index < -0.39 is 0 Å². The van der Waals surface area contributed by atoms with Crippen LogP contribution in [0.1, 0.15) is 24.0 Å². The number of rotatable bonds is 5. The van der Waals surface area contributed by atoms with E-state index in [1.807, 2.05) is 19.1 Å². The van der Waals surface area contributed by atoms with Gasteiger partial charge in [0.15, 0.2) is 0 Å². The molecular formula is C16H17FN2O. The summed E-state index contributed by atoms with van der Waals surface area (Å²) in [6.07, 6.45) is 4.33. The molecule has 1 fully saturated rings. The number of aryl methyl sites for hydroxylation is 1. The van der Waals surface area contributed by atoms with Crippen LogP contribution in [0.5, 0.6) is 11.6 Å². The van der Waals surface area contributed by atoms with Gasteiger partial charge in [0.25, 0.3) is 0 Å². The molecule has 1 aromatic heterocycles. The van der Waals surface area contributed by atoms with E-state index in [-0.39, 0.29) is 5.82 Å². The molecule has 1 heterocycles. The van der Waals surface area contributed by atoms with Crippen LogP contribution in [0.3, 0.4) is 0 Å². The minimum absolute atomic E-state index is 0.309. The first-order chi connectivity index (χ1) is 9.70. The van der Waals surface area contributed by atoms with E-state index in [1.54, 1.807) is 12.3 Å². The summed E-state index contributed by atoms with van der Waals surface area (Å²) in [5.41, 5.74) is 2.01. The van der Waals surface area contributed by atoms with Crippen LogP contribution in [-0.4, -0.2) is 11.0 Å². The minimum Gasteiger partial charge on any atom is -0.439 e. The highest BCUT2D eigenvalue weighted by molar-refractivity contribution is 5.35. The van der Waals surface area contributed by atoms with Gasteiger partial charge >= 0.3 is 0 Å². The number of aromatic nitrogens is 1. The molecule has 20 heavy (non-hydrogen) atoms. The Morgan fingerprint density at radius 2 is 2.15 bits per heavy atom. The van der Waals surface area contributed by atoms with Crippen molar-refractivity contribution in [2.45, 2.75) is 32.4 Å². The molecule has 1 aliphatic carbocycles. The van der Waals surface area contributed by atoms with Crippen molar-refractivity contribution in [2.75, 3.05) is 0 Å². The van der Waals surface area contributed by atoms with Crippen molar-refractivity contribution in [3.8, 4) is 11.6 Å². The molecule has 0 saturated heterocycles. The Labute approximate surface area is 117 Å². The summed E-state index contributed by atoms with van der Waals surface area (Å²) in [6, 6.07) is 8.96. The van der Waals surface area contributed by atoms with Gasteiger partial charge in [-0.3, -0.25) is 0 Å². The molecule has 4 heteroatoms. The highest BCUT2D eigenvalue weighted by Crippen LogP contribution is 2.24. The molecule has 0 atom stereocenters. The predicted molar refractivity (Wildman–Crippen MR) is 75.3 cm³/mol. The Morgan fingerprint density at radius 1 is 1.30 bits per heavy atom. The van der Waals surface area contributed by atoms with Crippen molar-refractivity contribution in [1.82, 2.24) is 10.3 Å². The number of hydrogen-bond acceptors (Lipinski definition) is 3. The standard InChI is InChI=1S/C16H17FN2O/c1-11-2-4-13(17)8-15(11)20-16-7-3-12(10-19-16)9-18-14-5-6-14/h2-4,7-8,10,14,18H,5-6,9H2,1H3. The van der Waals surface area contributed by atoms with Crippen LogP contribution in [0.15, 0.2) is 36.5 Å². The Kier molecular flexibility index (Phi) is 3.65. The Balaban J connectivity index is 1.66. The fourth-order valence-electron chi connectivity index (χ4n) is 1.92. The summed E-state index contributed by atoms with van der Waals surface area (Å²) in [6.45, 7) is 2.71. The van der Waals surface area contributed by atoms with Gasteiger partial charge < -0.3 is 10.1 Å². The second-order valence-electron chi connectivity index (χ2n) is 5.17. The first-order valence-corrected chi connectivity index (χ1v) is 6.83. The monoisotopic (exact) mass is 272 g/mol. The third-order valence-corrected chi connectivity index (χ3v) is 3.33. The molecule has 0 radical (unpaired) electrons. The second kappa shape index (κ2) is 5.59. The van der Waals surface area contributed by atoms with Crippen molar-refractivity contribution in [2.24, 2.45) is 0 Å². The number of benzene rings is 1. The lowest BCUT2D eigenvalue weighted by Gasteiger charge is -2.08. The molecule has 1 saturated carbocycles. The van der Waals surface area contributed by atoms with Gasteiger partial charge in [-0.2, -0.15) is 0 Å². The van der Waals surface area contributed by atoms with Gasteiger partial charge in [0, 0.05) is 30.9 Å². The Morgan fingerprint density at radius 3 is 2.85 bits per heavy atom. The maximum Gasteiger partial charge on any atom is 0.219 e. The lowest BCUT2D eigenvalue weighted by molar-refractivity contribution is 0.454. The topological polar surface area (TPSA) is 34.1 Å². The van der Waals surface area contributed by atoms with Crippen molar-refractivity contribution in [3.05, 3.63) is 53.5 Å². The Hall–Kier alpha value is -1.94. The van der Waals surface area contributed by atoms with E-state index in [0.717, 1.165) is 17.7 Å². The molecule has 0 unspecified atom stereocenters. The average Bonchev–Trinajstić information content (AvgIpc) is 3.26. The SMILES string of the molecule is Cc1ccc(F)cc1Oc1ccc(CNC2CC2)cn1. The number of ether oxygens (including phenoxy) is 1. The molecule has 104 valence electrons. The smallest absolute Gasteiger partial charge is 0.219 e. The fraction of sp³-hybridized carbons (Fsp3) is 0.312. The molecular weight excluding hydrogens is 255 g/mol. The summed E-state index contributed by atoms with van der Waals surface area (Å²) in [4.78, 5) is 4.26. The van der Waals surface area contributed by atoms with E-state index in [4.69, 9.17) is 4.74 Å². The first kappa shape index (κ1) is 13.1. The highest BCUT2D eigenvalue weighted by atomic mass is 19.1. The maximum absolute atomic E-state index is 13.2. The van der Waals surface area contributed by atoms with Gasteiger partial charge in [0.2, 0.25) is 5.88 Å². The van der Waals surface area contributed by atoms with Crippen LogP contribution in [0.4, 0.5) is 4.39 Å². The third-order valence-electron chi connectivity index (χ3n) is 3.33. The van der Waals surface area contributed by atoms with Crippen LogP contribution in [-0.2, 0) is 6.54 Å². The van der Waals surface area contributed by atoms with Crippen molar-refractivity contribution in [1.29, 1.82) is 0 Å². The van der Waals surface area contributed by atoms with Gasteiger partial charge in [-0.15, -0.1) is 0 Å². The van der Waals surface area contributed by atoms with Gasteiger partial charge in [-0.1, -0.05) is 12.1 Å². The number of hydrogen-bond donors (Lipinski definition) is 1. The average molecular weight is 272 g/mol. The summed E-state index contributed by atoms with van der Waals surface area (Å²) in [7, 11) is 0. The molecule has 1 aliphatic rings. The zero-order valence-electron chi connectivity index (χ0n) is 11.4. The van der Waals surface area contributed by atoms with Crippen molar-refractivity contribution >= 4 is 0 Å². The number of nitrogens with one attached hydrogen (secondary N) is 1. The van der Waals surface area contributed by atoms with Crippen molar-refractivity contribution in [3.63, 3.8) is 0 Å². The largest absolute Gasteiger partial charge is 0.439 e. The lowest BCUT2D eigenvalue weighted by atomic mass is 10.2. The number of nitrogens with zero attached hydrogens (tertiary/aromatic N) is 1. The Bertz CT molecular complexity index is 594. The molecule has 3 nitrogen and oxygen atoms in total. The summed E-state index contributed by atoms with van der Waals surface area (Å²) in [5.74, 6) is 0.672. The first-order valence-electron chi connectivity index (χ1n) is 6.83.